The molecule has 0 radical (unpaired) electrons. The summed E-state index contributed by atoms with van der Waals surface area (Å²) < 4.78 is 2.18. The first kappa shape index (κ1) is 7.42. The van der Waals surface area contributed by atoms with Crippen molar-refractivity contribution in [1.29, 1.82) is 0 Å². The zero-order valence-corrected chi connectivity index (χ0v) is 6.90. The quantitative estimate of drug-likeness (QED) is 0.553. The van der Waals surface area contributed by atoms with E-state index in [0.717, 1.165) is 6.04 Å². The Kier molecular flexibility index (Phi) is 2.86. The van der Waals surface area contributed by atoms with Gasteiger partial charge in [0.1, 0.15) is 0 Å². The van der Waals surface area contributed by atoms with Crippen molar-refractivity contribution in [2.24, 2.45) is 0 Å². The Bertz CT molecular complexity index is 85.0. The molecule has 0 aromatic heterocycles. The molecule has 54 valence electrons. The standard InChI is InChI=1S/C7H15NS/c1-2-7-5-3-4-6-8(7)9/h7,9H,2-6H2,1H3. The zero-order valence-electron chi connectivity index (χ0n) is 6.01. The molecule has 0 aromatic rings. The highest BCUT2D eigenvalue weighted by Gasteiger charge is 2.16. The summed E-state index contributed by atoms with van der Waals surface area (Å²) in [4.78, 5) is 0. The molecule has 1 heterocycles. The molecule has 1 saturated heterocycles. The Labute approximate surface area is 63.0 Å². The molecule has 0 aliphatic carbocycles. The van der Waals surface area contributed by atoms with E-state index in [1.807, 2.05) is 0 Å². The van der Waals surface area contributed by atoms with E-state index < -0.39 is 0 Å². The van der Waals surface area contributed by atoms with E-state index in [2.05, 4.69) is 24.0 Å². The molecular formula is C7H15NS. The molecule has 1 rings (SSSR count). The molecule has 0 N–H and O–H groups in total. The summed E-state index contributed by atoms with van der Waals surface area (Å²) in [6, 6.07) is 0.752. The van der Waals surface area contributed by atoms with Crippen LogP contribution in [0, 0.1) is 0 Å². The van der Waals surface area contributed by atoms with Crippen molar-refractivity contribution in [2.75, 3.05) is 6.54 Å². The molecule has 1 aliphatic heterocycles. The lowest BCUT2D eigenvalue weighted by molar-refractivity contribution is 0.271. The van der Waals surface area contributed by atoms with Crippen LogP contribution in [0.15, 0.2) is 0 Å². The summed E-state index contributed by atoms with van der Waals surface area (Å²) in [6.45, 7) is 3.42. The number of nitrogens with zero attached hydrogens (tertiary/aromatic N) is 1. The van der Waals surface area contributed by atoms with E-state index in [-0.39, 0.29) is 0 Å². The SMILES string of the molecule is CCC1CCCCN1S. The predicted octanol–water partition coefficient (Wildman–Crippen LogP) is 2.10. The van der Waals surface area contributed by atoms with Gasteiger partial charge < -0.3 is 0 Å². The molecular weight excluding hydrogens is 130 g/mol. The Morgan fingerprint density at radius 3 is 2.78 bits per heavy atom. The number of hydrogen-bond acceptors (Lipinski definition) is 2. The summed E-state index contributed by atoms with van der Waals surface area (Å²) in [5.74, 6) is 0. The zero-order chi connectivity index (χ0) is 6.69. The van der Waals surface area contributed by atoms with Crippen LogP contribution < -0.4 is 0 Å². The normalized spacial score (nSPS) is 30.7. The summed E-state index contributed by atoms with van der Waals surface area (Å²) in [5, 5.41) is 0. The average Bonchev–Trinajstić information content (AvgIpc) is 1.89. The van der Waals surface area contributed by atoms with Gasteiger partial charge in [0.15, 0.2) is 0 Å². The van der Waals surface area contributed by atoms with Gasteiger partial charge in [0.2, 0.25) is 0 Å². The summed E-state index contributed by atoms with van der Waals surface area (Å²) >= 11 is 4.37. The fraction of sp³-hybridized carbons (Fsp3) is 1.00. The van der Waals surface area contributed by atoms with Crippen LogP contribution in [0.1, 0.15) is 32.6 Å². The second kappa shape index (κ2) is 3.47. The Morgan fingerprint density at radius 1 is 1.56 bits per heavy atom. The molecule has 0 bridgehead atoms. The highest BCUT2D eigenvalue weighted by Crippen LogP contribution is 2.20. The summed E-state index contributed by atoms with van der Waals surface area (Å²) in [6.07, 6.45) is 5.33. The third-order valence-corrected chi connectivity index (χ3v) is 2.59. The van der Waals surface area contributed by atoms with Crippen molar-refractivity contribution >= 4 is 12.8 Å². The highest BCUT2D eigenvalue weighted by atomic mass is 32.1. The van der Waals surface area contributed by atoms with E-state index in [1.54, 1.807) is 0 Å². The number of rotatable bonds is 1. The first-order valence-electron chi connectivity index (χ1n) is 3.80. The molecule has 1 aliphatic rings. The fourth-order valence-electron chi connectivity index (χ4n) is 1.40. The van der Waals surface area contributed by atoms with E-state index >= 15 is 0 Å². The van der Waals surface area contributed by atoms with Crippen LogP contribution in [0.5, 0.6) is 0 Å². The van der Waals surface area contributed by atoms with Crippen LogP contribution >= 0.6 is 12.8 Å². The van der Waals surface area contributed by atoms with Gasteiger partial charge in [0.25, 0.3) is 0 Å². The minimum absolute atomic E-state index is 0.752. The van der Waals surface area contributed by atoms with Gasteiger partial charge in [-0.25, -0.2) is 0 Å². The fourth-order valence-corrected chi connectivity index (χ4v) is 1.82. The Hall–Kier alpha value is 0.310. The maximum absolute atomic E-state index is 4.37. The Morgan fingerprint density at radius 2 is 2.33 bits per heavy atom. The van der Waals surface area contributed by atoms with Crippen molar-refractivity contribution in [3.05, 3.63) is 0 Å². The van der Waals surface area contributed by atoms with Gasteiger partial charge in [0, 0.05) is 12.6 Å². The molecule has 2 heteroatoms. The lowest BCUT2D eigenvalue weighted by atomic mass is 10.0. The lowest BCUT2D eigenvalue weighted by Gasteiger charge is -2.29. The molecule has 1 atom stereocenters. The number of thiol groups is 1. The molecule has 0 amide bonds. The molecule has 0 saturated carbocycles. The maximum Gasteiger partial charge on any atom is 0.0197 e. The van der Waals surface area contributed by atoms with Gasteiger partial charge in [-0.2, -0.15) is 0 Å². The summed E-state index contributed by atoms with van der Waals surface area (Å²) in [5.41, 5.74) is 0. The first-order valence-corrected chi connectivity index (χ1v) is 4.20. The molecule has 0 aromatic carbocycles. The predicted molar refractivity (Wildman–Crippen MR) is 43.6 cm³/mol. The van der Waals surface area contributed by atoms with Crippen molar-refractivity contribution < 1.29 is 0 Å². The van der Waals surface area contributed by atoms with Crippen molar-refractivity contribution in [3.63, 3.8) is 0 Å². The lowest BCUT2D eigenvalue weighted by Crippen LogP contribution is -2.31. The van der Waals surface area contributed by atoms with Gasteiger partial charge in [-0.1, -0.05) is 26.2 Å². The van der Waals surface area contributed by atoms with Crippen molar-refractivity contribution in [2.45, 2.75) is 38.6 Å². The van der Waals surface area contributed by atoms with E-state index in [4.69, 9.17) is 0 Å². The van der Waals surface area contributed by atoms with Crippen molar-refractivity contribution in [1.82, 2.24) is 4.31 Å². The minimum atomic E-state index is 0.752. The van der Waals surface area contributed by atoms with Gasteiger partial charge >= 0.3 is 0 Å². The molecule has 1 nitrogen and oxygen atoms in total. The number of piperidine rings is 1. The topological polar surface area (TPSA) is 3.24 Å². The smallest absolute Gasteiger partial charge is 0.0197 e. The number of hydrogen-bond donors (Lipinski definition) is 1. The van der Waals surface area contributed by atoms with Gasteiger partial charge in [-0.15, -0.1) is 0 Å². The molecule has 1 unspecified atom stereocenters. The molecule has 0 spiro atoms. The molecule has 1 fully saturated rings. The third-order valence-electron chi connectivity index (χ3n) is 2.07. The van der Waals surface area contributed by atoms with Gasteiger partial charge in [-0.3, -0.25) is 4.31 Å². The minimum Gasteiger partial charge on any atom is -0.250 e. The second-order valence-electron chi connectivity index (χ2n) is 2.72. The van der Waals surface area contributed by atoms with Crippen LogP contribution in [0.4, 0.5) is 0 Å². The van der Waals surface area contributed by atoms with Gasteiger partial charge in [0.05, 0.1) is 0 Å². The molecule has 9 heavy (non-hydrogen) atoms. The van der Waals surface area contributed by atoms with Crippen molar-refractivity contribution in [3.8, 4) is 0 Å². The van der Waals surface area contributed by atoms with Crippen LogP contribution in [0.25, 0.3) is 0 Å². The Balaban J connectivity index is 2.30. The monoisotopic (exact) mass is 145 g/mol. The van der Waals surface area contributed by atoms with Crippen LogP contribution in [-0.2, 0) is 0 Å². The van der Waals surface area contributed by atoms with Crippen LogP contribution in [-0.4, -0.2) is 16.9 Å². The van der Waals surface area contributed by atoms with Gasteiger partial charge in [-0.05, 0) is 19.3 Å². The highest BCUT2D eigenvalue weighted by molar-refractivity contribution is 7.77. The van der Waals surface area contributed by atoms with Crippen LogP contribution in [0.3, 0.4) is 0 Å². The largest absolute Gasteiger partial charge is 0.250 e. The van der Waals surface area contributed by atoms with E-state index in [1.165, 1.54) is 32.2 Å². The first-order chi connectivity index (χ1) is 4.34. The second-order valence-corrected chi connectivity index (χ2v) is 3.23. The summed E-state index contributed by atoms with van der Waals surface area (Å²) in [7, 11) is 0. The van der Waals surface area contributed by atoms with E-state index in [9.17, 15) is 0 Å². The van der Waals surface area contributed by atoms with E-state index in [0.29, 0.717) is 0 Å². The third kappa shape index (κ3) is 1.87. The van der Waals surface area contributed by atoms with Crippen LogP contribution in [0.2, 0.25) is 0 Å². The average molecular weight is 145 g/mol. The maximum atomic E-state index is 4.37.